The molecule has 0 aliphatic carbocycles. The lowest BCUT2D eigenvalue weighted by atomic mass is 10.2. The van der Waals surface area contributed by atoms with Crippen LogP contribution in [0.1, 0.15) is 32.3 Å². The van der Waals surface area contributed by atoms with Gasteiger partial charge in [-0.05, 0) is 38.6 Å². The molecule has 0 saturated carbocycles. The molecule has 1 unspecified atom stereocenters. The molecule has 0 saturated heterocycles. The normalized spacial score (nSPS) is 12.5. The zero-order chi connectivity index (χ0) is 12.0. The minimum Gasteiger partial charge on any atom is -0.490 e. The molecule has 1 rings (SSSR count). The Kier molecular flexibility index (Phi) is 5.26. The van der Waals surface area contributed by atoms with E-state index in [1.54, 1.807) is 6.07 Å². The van der Waals surface area contributed by atoms with Gasteiger partial charge in [-0.1, -0.05) is 13.3 Å². The van der Waals surface area contributed by atoms with Crippen LogP contribution in [0, 0.1) is 5.82 Å². The van der Waals surface area contributed by atoms with Gasteiger partial charge in [-0.25, -0.2) is 4.39 Å². The molecule has 3 heteroatoms. The van der Waals surface area contributed by atoms with Crippen molar-refractivity contribution in [3.63, 3.8) is 0 Å². The Hall–Kier alpha value is -1.09. The molecule has 1 aromatic rings. The van der Waals surface area contributed by atoms with Gasteiger partial charge in [0.15, 0.2) is 0 Å². The van der Waals surface area contributed by atoms with E-state index in [4.69, 9.17) is 4.74 Å². The molecule has 1 atom stereocenters. The number of nitrogens with one attached hydrogen (secondary N) is 1. The van der Waals surface area contributed by atoms with Crippen molar-refractivity contribution in [2.24, 2.45) is 0 Å². The molecule has 1 N–H and O–H groups in total. The van der Waals surface area contributed by atoms with Crippen LogP contribution in [0.25, 0.3) is 0 Å². The molecular formula is C13H20FNO. The van der Waals surface area contributed by atoms with Gasteiger partial charge in [0.1, 0.15) is 11.6 Å². The third-order valence-electron chi connectivity index (χ3n) is 2.41. The monoisotopic (exact) mass is 225 g/mol. The molecule has 0 aromatic heterocycles. The maximum absolute atomic E-state index is 13.1. The van der Waals surface area contributed by atoms with Gasteiger partial charge < -0.3 is 10.1 Å². The van der Waals surface area contributed by atoms with Crippen molar-refractivity contribution in [2.45, 2.75) is 39.3 Å². The quantitative estimate of drug-likeness (QED) is 0.803. The summed E-state index contributed by atoms with van der Waals surface area (Å²) in [5.74, 6) is 0.553. The molecule has 0 amide bonds. The summed E-state index contributed by atoms with van der Waals surface area (Å²) in [6, 6.07) is 4.66. The van der Waals surface area contributed by atoms with Gasteiger partial charge >= 0.3 is 0 Å². The number of benzene rings is 1. The maximum Gasteiger partial charge on any atom is 0.124 e. The summed E-state index contributed by atoms with van der Waals surface area (Å²) in [6.07, 6.45) is 2.27. The highest BCUT2D eigenvalue weighted by Crippen LogP contribution is 2.21. The van der Waals surface area contributed by atoms with Crippen molar-refractivity contribution >= 4 is 0 Å². The highest BCUT2D eigenvalue weighted by atomic mass is 19.1. The molecular weight excluding hydrogens is 205 g/mol. The fourth-order valence-corrected chi connectivity index (χ4v) is 1.67. The van der Waals surface area contributed by atoms with Crippen LogP contribution in [0.15, 0.2) is 18.2 Å². The van der Waals surface area contributed by atoms with Gasteiger partial charge in [0.2, 0.25) is 0 Å². The standard InChI is InChI=1S/C13H20FNO/c1-4-5-10(2)16-13-7-6-12(14)8-11(13)9-15-3/h6-8,10,15H,4-5,9H2,1-3H3. The highest BCUT2D eigenvalue weighted by Gasteiger charge is 2.08. The van der Waals surface area contributed by atoms with E-state index in [9.17, 15) is 4.39 Å². The molecule has 2 nitrogen and oxygen atoms in total. The van der Waals surface area contributed by atoms with E-state index in [-0.39, 0.29) is 11.9 Å². The molecule has 0 fully saturated rings. The summed E-state index contributed by atoms with van der Waals surface area (Å²) < 4.78 is 18.9. The summed E-state index contributed by atoms with van der Waals surface area (Å²) in [4.78, 5) is 0. The highest BCUT2D eigenvalue weighted by molar-refractivity contribution is 5.34. The molecule has 90 valence electrons. The maximum atomic E-state index is 13.1. The second-order valence-corrected chi connectivity index (χ2v) is 4.00. The average Bonchev–Trinajstić information content (AvgIpc) is 2.23. The molecule has 0 radical (unpaired) electrons. The van der Waals surface area contributed by atoms with Crippen molar-refractivity contribution in [2.75, 3.05) is 7.05 Å². The Morgan fingerprint density at radius 2 is 2.19 bits per heavy atom. The number of ether oxygens (including phenoxy) is 1. The van der Waals surface area contributed by atoms with Crippen molar-refractivity contribution in [1.82, 2.24) is 5.32 Å². The lowest BCUT2D eigenvalue weighted by Crippen LogP contribution is -2.14. The second-order valence-electron chi connectivity index (χ2n) is 4.00. The fourth-order valence-electron chi connectivity index (χ4n) is 1.67. The summed E-state index contributed by atoms with van der Waals surface area (Å²) in [5.41, 5.74) is 0.866. The number of hydrogen-bond acceptors (Lipinski definition) is 2. The smallest absolute Gasteiger partial charge is 0.124 e. The van der Waals surface area contributed by atoms with Crippen LogP contribution in [0.2, 0.25) is 0 Å². The predicted octanol–water partition coefficient (Wildman–Crippen LogP) is 3.11. The van der Waals surface area contributed by atoms with Crippen molar-refractivity contribution in [1.29, 1.82) is 0 Å². The summed E-state index contributed by atoms with van der Waals surface area (Å²) in [7, 11) is 1.84. The first-order valence-electron chi connectivity index (χ1n) is 5.77. The van der Waals surface area contributed by atoms with Crippen LogP contribution in [0.5, 0.6) is 5.75 Å². The first-order chi connectivity index (χ1) is 7.67. The van der Waals surface area contributed by atoms with Crippen LogP contribution in [0.3, 0.4) is 0 Å². The third-order valence-corrected chi connectivity index (χ3v) is 2.41. The molecule has 0 aliphatic rings. The summed E-state index contributed by atoms with van der Waals surface area (Å²) in [5, 5.41) is 3.01. The number of hydrogen-bond donors (Lipinski definition) is 1. The van der Waals surface area contributed by atoms with E-state index < -0.39 is 0 Å². The van der Waals surface area contributed by atoms with Crippen LogP contribution < -0.4 is 10.1 Å². The van der Waals surface area contributed by atoms with Crippen LogP contribution in [0.4, 0.5) is 4.39 Å². The first kappa shape index (κ1) is 13.0. The number of halogens is 1. The minimum atomic E-state index is -0.222. The summed E-state index contributed by atoms with van der Waals surface area (Å²) >= 11 is 0. The Labute approximate surface area is 96.8 Å². The largest absolute Gasteiger partial charge is 0.490 e. The minimum absolute atomic E-state index is 0.172. The van der Waals surface area contributed by atoms with Crippen LogP contribution in [-0.2, 0) is 6.54 Å². The van der Waals surface area contributed by atoms with E-state index in [2.05, 4.69) is 12.2 Å². The van der Waals surface area contributed by atoms with Gasteiger partial charge in [0, 0.05) is 12.1 Å². The lowest BCUT2D eigenvalue weighted by molar-refractivity contribution is 0.207. The Morgan fingerprint density at radius 3 is 2.81 bits per heavy atom. The SMILES string of the molecule is CCCC(C)Oc1ccc(F)cc1CNC. The molecule has 0 aliphatic heterocycles. The molecule has 0 heterocycles. The van der Waals surface area contributed by atoms with Gasteiger partial charge in [-0.15, -0.1) is 0 Å². The van der Waals surface area contributed by atoms with E-state index in [0.29, 0.717) is 6.54 Å². The third kappa shape index (κ3) is 3.81. The van der Waals surface area contributed by atoms with E-state index in [1.807, 2.05) is 14.0 Å². The Bertz CT molecular complexity index is 328. The van der Waals surface area contributed by atoms with E-state index >= 15 is 0 Å². The topological polar surface area (TPSA) is 21.3 Å². The zero-order valence-electron chi connectivity index (χ0n) is 10.2. The molecule has 16 heavy (non-hydrogen) atoms. The summed E-state index contributed by atoms with van der Waals surface area (Å²) in [6.45, 7) is 4.78. The van der Waals surface area contributed by atoms with Gasteiger partial charge in [-0.2, -0.15) is 0 Å². The van der Waals surface area contributed by atoms with Gasteiger partial charge in [0.25, 0.3) is 0 Å². The molecule has 1 aromatic carbocycles. The van der Waals surface area contributed by atoms with Crippen molar-refractivity contribution in [3.8, 4) is 5.75 Å². The second kappa shape index (κ2) is 6.48. The van der Waals surface area contributed by atoms with E-state index in [1.165, 1.54) is 12.1 Å². The van der Waals surface area contributed by atoms with Crippen LogP contribution in [-0.4, -0.2) is 13.2 Å². The first-order valence-corrected chi connectivity index (χ1v) is 5.77. The van der Waals surface area contributed by atoms with Crippen molar-refractivity contribution in [3.05, 3.63) is 29.6 Å². The zero-order valence-corrected chi connectivity index (χ0v) is 10.2. The number of rotatable bonds is 6. The van der Waals surface area contributed by atoms with Crippen molar-refractivity contribution < 1.29 is 9.13 Å². The Balaban J connectivity index is 2.77. The van der Waals surface area contributed by atoms with Gasteiger partial charge in [-0.3, -0.25) is 0 Å². The van der Waals surface area contributed by atoms with Crippen LogP contribution >= 0.6 is 0 Å². The molecule has 0 bridgehead atoms. The van der Waals surface area contributed by atoms with E-state index in [0.717, 1.165) is 24.2 Å². The van der Waals surface area contributed by atoms with Gasteiger partial charge in [0.05, 0.1) is 6.10 Å². The fraction of sp³-hybridized carbons (Fsp3) is 0.538. The lowest BCUT2D eigenvalue weighted by Gasteiger charge is -2.17. The Morgan fingerprint density at radius 1 is 1.44 bits per heavy atom. The predicted molar refractivity (Wildman–Crippen MR) is 64.2 cm³/mol. The molecule has 0 spiro atoms. The average molecular weight is 225 g/mol.